The predicted molar refractivity (Wildman–Crippen MR) is 93.9 cm³/mol. The van der Waals surface area contributed by atoms with Crippen LogP contribution < -0.4 is 18.5 Å². The van der Waals surface area contributed by atoms with Crippen LogP contribution in [0.2, 0.25) is 0 Å². The Balaban J connectivity index is 1.80. The highest BCUT2D eigenvalue weighted by molar-refractivity contribution is 7.92. The fraction of sp³-hybridized carbons (Fsp3) is 0.278. The highest BCUT2D eigenvalue weighted by atomic mass is 32.2. The number of hydrogen-bond acceptors (Lipinski definition) is 6. The molecule has 0 saturated carbocycles. The van der Waals surface area contributed by atoms with Crippen molar-refractivity contribution in [2.75, 3.05) is 31.2 Å². The number of nitrogens with zero attached hydrogens (tertiary/aromatic N) is 1. The predicted octanol–water partition coefficient (Wildman–Crippen LogP) is 2.25. The second kappa shape index (κ2) is 6.21. The molecule has 0 aliphatic carbocycles. The molecule has 8 heteroatoms. The number of methoxy groups -OCH3 is 1. The third-order valence-corrected chi connectivity index (χ3v) is 6.23. The summed E-state index contributed by atoms with van der Waals surface area (Å²) >= 11 is 0. The van der Waals surface area contributed by atoms with Crippen LogP contribution in [-0.4, -0.2) is 41.1 Å². The number of hydrogen-bond donors (Lipinski definition) is 0. The minimum atomic E-state index is -3.87. The number of sulfonamides is 1. The van der Waals surface area contributed by atoms with E-state index >= 15 is 0 Å². The molecule has 7 nitrogen and oxygen atoms in total. The Morgan fingerprint density at radius 1 is 1.04 bits per heavy atom. The third-order valence-electron chi connectivity index (χ3n) is 4.42. The van der Waals surface area contributed by atoms with Crippen molar-refractivity contribution in [3.63, 3.8) is 0 Å². The van der Waals surface area contributed by atoms with Gasteiger partial charge in [0.05, 0.1) is 17.7 Å². The van der Waals surface area contributed by atoms with E-state index in [2.05, 4.69) is 0 Å². The lowest BCUT2D eigenvalue weighted by molar-refractivity contribution is 0.0982. The molecule has 2 aromatic rings. The van der Waals surface area contributed by atoms with Crippen LogP contribution in [0, 0.1) is 0 Å². The van der Waals surface area contributed by atoms with Crippen molar-refractivity contribution in [3.8, 4) is 17.2 Å². The molecule has 0 fully saturated rings. The molecule has 0 atom stereocenters. The quantitative estimate of drug-likeness (QED) is 0.818. The van der Waals surface area contributed by atoms with Crippen LogP contribution in [0.4, 0.5) is 5.69 Å². The SMILES string of the molecule is COc1ccc2c(c1)N(S(=O)(=O)c1ccc3c(c1)OCCO3)CCC2=O. The summed E-state index contributed by atoms with van der Waals surface area (Å²) in [6, 6.07) is 9.35. The Morgan fingerprint density at radius 3 is 2.58 bits per heavy atom. The van der Waals surface area contributed by atoms with Gasteiger partial charge in [0.15, 0.2) is 17.3 Å². The molecule has 0 bridgehead atoms. The molecule has 0 aromatic heterocycles. The topological polar surface area (TPSA) is 82.1 Å². The van der Waals surface area contributed by atoms with Crippen molar-refractivity contribution in [2.24, 2.45) is 0 Å². The van der Waals surface area contributed by atoms with Gasteiger partial charge in [0.25, 0.3) is 10.0 Å². The summed E-state index contributed by atoms with van der Waals surface area (Å²) in [5.74, 6) is 1.32. The maximum Gasteiger partial charge on any atom is 0.264 e. The number of fused-ring (bicyclic) bond motifs is 2. The van der Waals surface area contributed by atoms with Crippen LogP contribution in [0.3, 0.4) is 0 Å². The molecule has 2 aliphatic rings. The summed E-state index contributed by atoms with van der Waals surface area (Å²) in [4.78, 5) is 12.3. The van der Waals surface area contributed by atoms with Crippen LogP contribution in [-0.2, 0) is 10.0 Å². The maximum absolute atomic E-state index is 13.2. The largest absolute Gasteiger partial charge is 0.497 e. The summed E-state index contributed by atoms with van der Waals surface area (Å²) in [7, 11) is -2.38. The molecule has 136 valence electrons. The lowest BCUT2D eigenvalue weighted by atomic mass is 10.0. The van der Waals surface area contributed by atoms with E-state index in [0.717, 1.165) is 0 Å². The van der Waals surface area contributed by atoms with Gasteiger partial charge in [0, 0.05) is 30.7 Å². The molecule has 26 heavy (non-hydrogen) atoms. The van der Waals surface area contributed by atoms with Crippen molar-refractivity contribution in [1.82, 2.24) is 0 Å². The Labute approximate surface area is 151 Å². The van der Waals surface area contributed by atoms with Gasteiger partial charge >= 0.3 is 0 Å². The molecule has 0 saturated heterocycles. The van der Waals surface area contributed by atoms with Crippen molar-refractivity contribution in [3.05, 3.63) is 42.0 Å². The number of carbonyl (C=O) groups excluding carboxylic acids is 1. The Bertz CT molecular complexity index is 985. The highest BCUT2D eigenvalue weighted by Gasteiger charge is 2.33. The number of benzene rings is 2. The maximum atomic E-state index is 13.2. The van der Waals surface area contributed by atoms with Crippen LogP contribution in [0.5, 0.6) is 17.2 Å². The van der Waals surface area contributed by atoms with Gasteiger partial charge in [-0.25, -0.2) is 8.42 Å². The zero-order valence-electron chi connectivity index (χ0n) is 14.1. The minimum Gasteiger partial charge on any atom is -0.497 e. The van der Waals surface area contributed by atoms with Gasteiger partial charge in [0.1, 0.15) is 19.0 Å². The first-order valence-electron chi connectivity index (χ1n) is 8.14. The molecular formula is C18H17NO6S. The van der Waals surface area contributed by atoms with E-state index in [1.807, 2.05) is 0 Å². The van der Waals surface area contributed by atoms with E-state index in [4.69, 9.17) is 14.2 Å². The van der Waals surface area contributed by atoms with Gasteiger partial charge in [-0.1, -0.05) is 0 Å². The Kier molecular flexibility index (Phi) is 3.99. The summed E-state index contributed by atoms with van der Waals surface area (Å²) in [6.45, 7) is 0.880. The summed E-state index contributed by atoms with van der Waals surface area (Å²) < 4.78 is 43.8. The lowest BCUT2D eigenvalue weighted by Gasteiger charge is -2.30. The first-order valence-corrected chi connectivity index (χ1v) is 9.58. The van der Waals surface area contributed by atoms with Gasteiger partial charge in [-0.3, -0.25) is 9.10 Å². The van der Waals surface area contributed by atoms with Crippen molar-refractivity contribution in [1.29, 1.82) is 0 Å². The summed E-state index contributed by atoms with van der Waals surface area (Å²) in [5, 5.41) is 0. The number of ether oxygens (including phenoxy) is 3. The van der Waals surface area contributed by atoms with E-state index in [1.54, 1.807) is 24.3 Å². The lowest BCUT2D eigenvalue weighted by Crippen LogP contribution is -2.37. The van der Waals surface area contributed by atoms with Crippen molar-refractivity contribution < 1.29 is 27.4 Å². The van der Waals surface area contributed by atoms with Gasteiger partial charge in [-0.05, 0) is 24.3 Å². The molecule has 2 heterocycles. The Morgan fingerprint density at radius 2 is 1.81 bits per heavy atom. The average molecular weight is 375 g/mol. The smallest absolute Gasteiger partial charge is 0.264 e. The first-order chi connectivity index (χ1) is 12.5. The average Bonchev–Trinajstić information content (AvgIpc) is 2.67. The van der Waals surface area contributed by atoms with Crippen LogP contribution in [0.25, 0.3) is 0 Å². The first kappa shape index (κ1) is 16.7. The normalized spacial score (nSPS) is 16.2. The molecule has 0 unspecified atom stereocenters. The van der Waals surface area contributed by atoms with Crippen LogP contribution >= 0.6 is 0 Å². The third kappa shape index (κ3) is 2.66. The Hall–Kier alpha value is -2.74. The van der Waals surface area contributed by atoms with Crippen LogP contribution in [0.1, 0.15) is 16.8 Å². The van der Waals surface area contributed by atoms with Crippen LogP contribution in [0.15, 0.2) is 41.3 Å². The fourth-order valence-electron chi connectivity index (χ4n) is 3.10. The minimum absolute atomic E-state index is 0.0791. The zero-order valence-corrected chi connectivity index (χ0v) is 14.9. The van der Waals surface area contributed by atoms with Crippen molar-refractivity contribution in [2.45, 2.75) is 11.3 Å². The number of anilines is 1. The molecule has 2 aromatic carbocycles. The highest BCUT2D eigenvalue weighted by Crippen LogP contribution is 2.37. The summed E-state index contributed by atoms with van der Waals surface area (Å²) in [5.41, 5.74) is 0.702. The number of carbonyl (C=O) groups is 1. The second-order valence-corrected chi connectivity index (χ2v) is 7.80. The molecular weight excluding hydrogens is 358 g/mol. The molecule has 0 amide bonds. The second-order valence-electron chi connectivity index (χ2n) is 5.94. The standard InChI is InChI=1S/C18H17NO6S/c1-23-12-2-4-14-15(10-12)19(7-6-16(14)20)26(21,22)13-3-5-17-18(11-13)25-9-8-24-17/h2-5,10-11H,6-9H2,1H3. The monoisotopic (exact) mass is 375 g/mol. The zero-order chi connectivity index (χ0) is 18.3. The fourth-order valence-corrected chi connectivity index (χ4v) is 4.59. The molecule has 2 aliphatic heterocycles. The molecule has 0 radical (unpaired) electrons. The van der Waals surface area contributed by atoms with E-state index in [9.17, 15) is 13.2 Å². The number of rotatable bonds is 3. The van der Waals surface area contributed by atoms with E-state index in [0.29, 0.717) is 41.7 Å². The number of ketones is 1. The van der Waals surface area contributed by atoms with E-state index in [1.165, 1.54) is 23.5 Å². The van der Waals surface area contributed by atoms with E-state index < -0.39 is 10.0 Å². The molecule has 4 rings (SSSR count). The van der Waals surface area contributed by atoms with Gasteiger partial charge in [0.2, 0.25) is 0 Å². The van der Waals surface area contributed by atoms with Gasteiger partial charge < -0.3 is 14.2 Å². The molecule has 0 spiro atoms. The van der Waals surface area contributed by atoms with E-state index in [-0.39, 0.29) is 23.6 Å². The number of Topliss-reactive ketones (excluding diaryl/α,β-unsaturated/α-hetero) is 1. The molecule has 0 N–H and O–H groups in total. The van der Waals surface area contributed by atoms with Gasteiger partial charge in [-0.15, -0.1) is 0 Å². The summed E-state index contributed by atoms with van der Waals surface area (Å²) in [6.07, 6.45) is 0.128. The van der Waals surface area contributed by atoms with Crippen molar-refractivity contribution >= 4 is 21.5 Å². The van der Waals surface area contributed by atoms with Gasteiger partial charge in [-0.2, -0.15) is 0 Å².